The SMILES string of the molecule is CC(=CC(C)C)CC(N)=O.CC(=CC(N)=O)CC(C)C.CC=C(C)CC(C)C.CCC(C)=CC(C)C.O=c1cc(C(F)(F)F)cc[nH]1.[H+]. The van der Waals surface area contributed by atoms with Gasteiger partial charge in [-0.1, -0.05) is 103 Å². The number of H-pyrrole nitrogens is 1. The molecule has 9 heteroatoms. The van der Waals surface area contributed by atoms with Crippen LogP contribution in [0, 0.1) is 23.7 Å². The van der Waals surface area contributed by atoms with E-state index in [0.29, 0.717) is 24.3 Å². The normalized spacial score (nSPS) is 12.3. The Morgan fingerprint density at radius 1 is 0.830 bits per heavy atom. The van der Waals surface area contributed by atoms with Crippen LogP contribution in [-0.4, -0.2) is 16.8 Å². The highest BCUT2D eigenvalue weighted by Crippen LogP contribution is 2.27. The van der Waals surface area contributed by atoms with Crippen molar-refractivity contribution < 1.29 is 24.2 Å². The lowest BCUT2D eigenvalue weighted by atomic mass is 10.0. The molecule has 1 aromatic rings. The van der Waals surface area contributed by atoms with Crippen LogP contribution in [0.5, 0.6) is 0 Å². The molecule has 0 aromatic carbocycles. The Bertz CT molecular complexity index is 1180. The predicted octanol–water partition coefficient (Wildman–Crippen LogP) is 10.4. The molecule has 5 N–H and O–H groups in total. The molecular formula is C38H67F3N3O3+. The summed E-state index contributed by atoms with van der Waals surface area (Å²) in [5.74, 6) is 2.02. The van der Waals surface area contributed by atoms with Gasteiger partial charge in [-0.15, -0.1) is 0 Å². The van der Waals surface area contributed by atoms with Gasteiger partial charge in [0.25, 0.3) is 0 Å². The van der Waals surface area contributed by atoms with Gasteiger partial charge >= 0.3 is 7.60 Å². The maximum atomic E-state index is 11.8. The predicted molar refractivity (Wildman–Crippen MR) is 196 cm³/mol. The fraction of sp³-hybridized carbons (Fsp3) is 0.605. The number of pyridine rings is 1. The maximum Gasteiger partial charge on any atom is 1.00 e. The number of allylic oxidation sites excluding steroid dienone is 6. The molecule has 0 aliphatic carbocycles. The monoisotopic (exact) mass is 671 g/mol. The lowest BCUT2D eigenvalue weighted by Gasteiger charge is -2.03. The van der Waals surface area contributed by atoms with Gasteiger partial charge in [0, 0.05) is 24.8 Å². The average molecular weight is 671 g/mol. The summed E-state index contributed by atoms with van der Waals surface area (Å²) in [6, 6.07) is 1.32. The molecule has 0 unspecified atom stereocenters. The van der Waals surface area contributed by atoms with Crippen LogP contribution in [0.15, 0.2) is 69.7 Å². The summed E-state index contributed by atoms with van der Waals surface area (Å²) in [6.07, 6.45) is 8.32. The van der Waals surface area contributed by atoms with E-state index in [1.807, 2.05) is 19.9 Å². The standard InChI is InChI=1S/2C8H15NO.2C8H16.C6H4F3NO/c2*1-6(2)4-7(3)5-8(9)10;2*1-5-8(4)6-7(2)3;7-6(8,9)4-1-2-10-5(11)3-4/h5-6H,4H2,1-3H3,(H2,9,10);4,6H,5H2,1-3H3,(H2,9,10);6-7H,5H2,1-4H3;5,7H,6H2,1-4H3;1-3H,(H,10,11)/p+1. The Morgan fingerprint density at radius 2 is 1.28 bits per heavy atom. The van der Waals surface area contributed by atoms with Crippen molar-refractivity contribution in [3.05, 3.63) is 80.8 Å². The van der Waals surface area contributed by atoms with E-state index in [2.05, 4.69) is 100 Å². The number of alkyl halides is 3. The van der Waals surface area contributed by atoms with Crippen molar-refractivity contribution in [2.75, 3.05) is 0 Å². The first-order chi connectivity index (χ1) is 21.4. The van der Waals surface area contributed by atoms with Crippen LogP contribution in [0.1, 0.15) is 130 Å². The van der Waals surface area contributed by atoms with E-state index in [1.165, 1.54) is 30.1 Å². The molecule has 0 spiro atoms. The minimum Gasteiger partial charge on any atom is -0.369 e. The molecule has 2 amide bonds. The van der Waals surface area contributed by atoms with Crippen LogP contribution >= 0.6 is 0 Å². The summed E-state index contributed by atoms with van der Waals surface area (Å²) < 4.78 is 35.4. The number of halogens is 3. The van der Waals surface area contributed by atoms with Gasteiger partial charge in [-0.3, -0.25) is 14.4 Å². The van der Waals surface area contributed by atoms with Gasteiger partial charge in [0.05, 0.1) is 5.56 Å². The third-order valence-electron chi connectivity index (χ3n) is 5.69. The molecule has 0 atom stereocenters. The Morgan fingerprint density at radius 3 is 1.53 bits per heavy atom. The second-order valence-electron chi connectivity index (χ2n) is 13.2. The van der Waals surface area contributed by atoms with E-state index in [4.69, 9.17) is 11.5 Å². The molecule has 1 heterocycles. The number of aromatic amines is 1. The third kappa shape index (κ3) is 42.6. The number of rotatable bonds is 10. The number of nitrogens with one attached hydrogen (secondary N) is 1. The van der Waals surface area contributed by atoms with E-state index < -0.39 is 17.3 Å². The molecule has 0 aliphatic heterocycles. The van der Waals surface area contributed by atoms with Crippen molar-refractivity contribution in [3.63, 3.8) is 0 Å². The third-order valence-corrected chi connectivity index (χ3v) is 5.69. The fourth-order valence-corrected chi connectivity index (χ4v) is 3.92. The molecule has 0 bridgehead atoms. The lowest BCUT2D eigenvalue weighted by molar-refractivity contribution is -0.137. The smallest absolute Gasteiger partial charge is 0.369 e. The summed E-state index contributed by atoms with van der Waals surface area (Å²) in [6.45, 7) is 29.8. The van der Waals surface area contributed by atoms with Gasteiger partial charge in [0.1, 0.15) is 0 Å². The van der Waals surface area contributed by atoms with Crippen LogP contribution in [0.4, 0.5) is 13.2 Å². The highest BCUT2D eigenvalue weighted by atomic mass is 19.4. The summed E-state index contributed by atoms with van der Waals surface area (Å²) >= 11 is 0. The number of carbonyl (C=O) groups is 2. The van der Waals surface area contributed by atoms with E-state index in [9.17, 15) is 27.6 Å². The molecule has 0 aliphatic rings. The van der Waals surface area contributed by atoms with Crippen molar-refractivity contribution >= 4 is 11.8 Å². The van der Waals surface area contributed by atoms with Gasteiger partial charge in [0.2, 0.25) is 17.4 Å². The quantitative estimate of drug-likeness (QED) is 0.170. The van der Waals surface area contributed by atoms with E-state index in [0.717, 1.165) is 41.7 Å². The van der Waals surface area contributed by atoms with Gasteiger partial charge in [-0.2, -0.15) is 13.2 Å². The molecule has 272 valence electrons. The van der Waals surface area contributed by atoms with Crippen LogP contribution in [0.25, 0.3) is 0 Å². The van der Waals surface area contributed by atoms with Gasteiger partial charge < -0.3 is 16.5 Å². The number of primary amides is 2. The Labute approximate surface area is 285 Å². The molecule has 0 saturated heterocycles. The molecule has 0 radical (unpaired) electrons. The summed E-state index contributed by atoms with van der Waals surface area (Å²) in [5, 5.41) is 0. The van der Waals surface area contributed by atoms with Gasteiger partial charge in [-0.25, -0.2) is 0 Å². The minimum absolute atomic E-state index is 0. The molecule has 1 aromatic heterocycles. The second-order valence-corrected chi connectivity index (χ2v) is 13.2. The van der Waals surface area contributed by atoms with E-state index in [-0.39, 0.29) is 13.2 Å². The summed E-state index contributed by atoms with van der Waals surface area (Å²) in [7, 11) is 0. The van der Waals surface area contributed by atoms with Crippen molar-refractivity contribution in [1.29, 1.82) is 0 Å². The van der Waals surface area contributed by atoms with E-state index in [1.54, 1.807) is 0 Å². The number of aromatic nitrogens is 1. The zero-order chi connectivity index (χ0) is 37.9. The second kappa shape index (κ2) is 28.8. The Hall–Kier alpha value is -3.36. The summed E-state index contributed by atoms with van der Waals surface area (Å²) in [5.41, 5.74) is 13.4. The van der Waals surface area contributed by atoms with E-state index >= 15 is 0 Å². The van der Waals surface area contributed by atoms with Crippen molar-refractivity contribution in [3.8, 4) is 0 Å². The molecule has 1 rings (SSSR count). The number of carbonyl (C=O) groups excluding carboxylic acids is 2. The highest BCUT2D eigenvalue weighted by Gasteiger charge is 2.30. The first-order valence-electron chi connectivity index (χ1n) is 16.3. The minimum atomic E-state index is -4.44. The largest absolute Gasteiger partial charge is 1.00 e. The number of nitrogens with two attached hydrogens (primary N) is 2. The fourth-order valence-electron chi connectivity index (χ4n) is 3.92. The first-order valence-corrected chi connectivity index (χ1v) is 16.3. The van der Waals surface area contributed by atoms with Crippen molar-refractivity contribution in [2.24, 2.45) is 35.1 Å². The topological polar surface area (TPSA) is 119 Å². The zero-order valence-corrected chi connectivity index (χ0v) is 31.7. The number of amides is 2. The molecule has 6 nitrogen and oxygen atoms in total. The highest BCUT2D eigenvalue weighted by molar-refractivity contribution is 5.86. The molecule has 0 fully saturated rings. The molecular weight excluding hydrogens is 603 g/mol. The average Bonchev–Trinajstić information content (AvgIpc) is 2.87. The van der Waals surface area contributed by atoms with Crippen LogP contribution in [0.3, 0.4) is 0 Å². The number of hydrogen-bond donors (Lipinski definition) is 3. The number of hydrogen-bond acceptors (Lipinski definition) is 3. The molecule has 0 saturated carbocycles. The zero-order valence-electron chi connectivity index (χ0n) is 32.7. The van der Waals surface area contributed by atoms with Crippen LogP contribution in [-0.2, 0) is 15.8 Å². The van der Waals surface area contributed by atoms with Crippen LogP contribution in [0.2, 0.25) is 0 Å². The Balaban J connectivity index is -0.000000161. The summed E-state index contributed by atoms with van der Waals surface area (Å²) in [4.78, 5) is 33.2. The van der Waals surface area contributed by atoms with Gasteiger partial charge in [-0.05, 0) is 83.6 Å². The Kier molecular flexibility index (Phi) is 31.0. The maximum absolute atomic E-state index is 11.8. The lowest BCUT2D eigenvalue weighted by Crippen LogP contribution is -2.11. The van der Waals surface area contributed by atoms with Crippen molar-refractivity contribution in [2.45, 2.75) is 129 Å². The van der Waals surface area contributed by atoms with Crippen LogP contribution < -0.4 is 17.0 Å². The van der Waals surface area contributed by atoms with Crippen molar-refractivity contribution in [1.82, 2.24) is 4.98 Å². The van der Waals surface area contributed by atoms with Gasteiger partial charge in [0.15, 0.2) is 0 Å². The molecule has 47 heavy (non-hydrogen) atoms. The first kappa shape index (κ1) is 50.5.